The molecule has 0 unspecified atom stereocenters. The lowest BCUT2D eigenvalue weighted by molar-refractivity contribution is 0.0999. The maximum atomic E-state index is 6.37. The minimum Gasteiger partial charge on any atom is -0.126 e. The second-order valence-corrected chi connectivity index (χ2v) is 9.12. The quantitative estimate of drug-likeness (QED) is 0.432. The van der Waals surface area contributed by atoms with Crippen LogP contribution in [0.3, 0.4) is 0 Å². The van der Waals surface area contributed by atoms with Gasteiger partial charge in [0.05, 0.1) is 0 Å². The van der Waals surface area contributed by atoms with Gasteiger partial charge in [-0.2, -0.15) is 0 Å². The summed E-state index contributed by atoms with van der Waals surface area (Å²) in [6, 6.07) is 10.7. The van der Waals surface area contributed by atoms with Crippen LogP contribution in [0.2, 0.25) is 0 Å². The third-order valence-corrected chi connectivity index (χ3v) is 6.78. The topological polar surface area (TPSA) is 0 Å². The van der Waals surface area contributed by atoms with Crippen molar-refractivity contribution in [2.75, 3.05) is 11.6 Å². The van der Waals surface area contributed by atoms with E-state index in [0.29, 0.717) is 10.8 Å². The number of alkyl halides is 1. The van der Waals surface area contributed by atoms with Crippen LogP contribution in [0.5, 0.6) is 0 Å². The smallest absolute Gasteiger partial charge is 0.0280 e. The first-order valence-corrected chi connectivity index (χ1v) is 9.71. The molecule has 0 bridgehead atoms. The van der Waals surface area contributed by atoms with Crippen LogP contribution in [0.1, 0.15) is 52.9 Å². The second kappa shape index (κ2) is 7.42. The van der Waals surface area contributed by atoms with Crippen LogP contribution in [0.4, 0.5) is 0 Å². The number of hydrogen-bond acceptors (Lipinski definition) is 1. The van der Waals surface area contributed by atoms with Gasteiger partial charge in [-0.1, -0.05) is 39.0 Å². The largest absolute Gasteiger partial charge is 0.126 e. The van der Waals surface area contributed by atoms with E-state index in [1.165, 1.54) is 42.8 Å². The van der Waals surface area contributed by atoms with E-state index in [1.807, 2.05) is 11.8 Å². The average molecular weight is 325 g/mol. The summed E-state index contributed by atoms with van der Waals surface area (Å²) in [5.41, 5.74) is 0.850. The van der Waals surface area contributed by atoms with Gasteiger partial charge in [0.1, 0.15) is 0 Å². The predicted molar refractivity (Wildman–Crippen MR) is 96.3 cm³/mol. The number of rotatable bonds is 5. The van der Waals surface area contributed by atoms with Crippen molar-refractivity contribution in [3.8, 4) is 0 Å². The van der Waals surface area contributed by atoms with Gasteiger partial charge in [0.25, 0.3) is 0 Å². The van der Waals surface area contributed by atoms with Gasteiger partial charge >= 0.3 is 0 Å². The molecule has 0 N–H and O–H groups in total. The fourth-order valence-corrected chi connectivity index (χ4v) is 4.97. The molecule has 2 heteroatoms. The Morgan fingerprint density at radius 2 is 1.76 bits per heavy atom. The van der Waals surface area contributed by atoms with E-state index in [-0.39, 0.29) is 0 Å². The molecule has 1 aliphatic carbocycles. The Balaban J connectivity index is 1.83. The average Bonchev–Trinajstić information content (AvgIpc) is 2.48. The van der Waals surface area contributed by atoms with Crippen molar-refractivity contribution in [3.63, 3.8) is 0 Å². The molecule has 21 heavy (non-hydrogen) atoms. The van der Waals surface area contributed by atoms with Crippen molar-refractivity contribution in [2.24, 2.45) is 16.7 Å². The van der Waals surface area contributed by atoms with E-state index in [2.05, 4.69) is 51.1 Å². The van der Waals surface area contributed by atoms with Gasteiger partial charge in [0, 0.05) is 10.8 Å². The molecule has 0 aromatic heterocycles. The highest BCUT2D eigenvalue weighted by Crippen LogP contribution is 2.48. The monoisotopic (exact) mass is 324 g/mol. The van der Waals surface area contributed by atoms with Crippen molar-refractivity contribution >= 4 is 23.4 Å². The van der Waals surface area contributed by atoms with E-state index in [1.54, 1.807) is 0 Å². The lowest BCUT2D eigenvalue weighted by Gasteiger charge is -2.43. The zero-order chi connectivity index (χ0) is 15.3. The summed E-state index contributed by atoms with van der Waals surface area (Å²) in [5.74, 6) is 2.89. The van der Waals surface area contributed by atoms with E-state index >= 15 is 0 Å². The molecule has 1 aromatic rings. The lowest BCUT2D eigenvalue weighted by Crippen LogP contribution is -2.34. The Morgan fingerprint density at radius 3 is 2.29 bits per heavy atom. The van der Waals surface area contributed by atoms with E-state index < -0.39 is 0 Å². The second-order valence-electron chi connectivity index (χ2n) is 7.69. The number of thioether (sulfide) groups is 1. The van der Waals surface area contributed by atoms with Gasteiger partial charge in [-0.05, 0) is 66.7 Å². The minimum atomic E-state index is 0.394. The molecule has 0 heterocycles. The molecule has 0 saturated heterocycles. The molecule has 0 spiro atoms. The normalized spacial score (nSPS) is 26.8. The minimum absolute atomic E-state index is 0.394. The Bertz CT molecular complexity index is 413. The summed E-state index contributed by atoms with van der Waals surface area (Å²) >= 11 is 8.35. The predicted octanol–water partition coefficient (Wildman–Crippen LogP) is 6.63. The molecule has 1 fully saturated rings. The van der Waals surface area contributed by atoms with Crippen molar-refractivity contribution in [1.29, 1.82) is 0 Å². The van der Waals surface area contributed by atoms with Crippen LogP contribution in [-0.4, -0.2) is 11.6 Å². The molecule has 0 amide bonds. The van der Waals surface area contributed by atoms with E-state index in [0.717, 1.165) is 11.8 Å². The Labute approximate surface area is 140 Å². The third-order valence-electron chi connectivity index (χ3n) is 5.20. The number of hydrogen-bond donors (Lipinski definition) is 0. The number of benzene rings is 1. The molecule has 0 radical (unpaired) electrons. The summed E-state index contributed by atoms with van der Waals surface area (Å²) in [6.45, 7) is 7.16. The summed E-state index contributed by atoms with van der Waals surface area (Å²) in [4.78, 5) is 1.38. The van der Waals surface area contributed by atoms with Crippen LogP contribution >= 0.6 is 23.4 Å². The first kappa shape index (κ1) is 17.2. The van der Waals surface area contributed by atoms with Crippen molar-refractivity contribution in [3.05, 3.63) is 30.3 Å². The molecule has 0 nitrogen and oxygen atoms in total. The van der Waals surface area contributed by atoms with Crippen LogP contribution in [0, 0.1) is 16.7 Å². The maximum absolute atomic E-state index is 6.37. The lowest BCUT2D eigenvalue weighted by atomic mass is 9.64. The summed E-state index contributed by atoms with van der Waals surface area (Å²) in [7, 11) is 0. The third kappa shape index (κ3) is 4.93. The molecule has 1 aromatic carbocycles. The zero-order valence-corrected chi connectivity index (χ0v) is 15.3. The van der Waals surface area contributed by atoms with Crippen molar-refractivity contribution in [2.45, 2.75) is 57.8 Å². The maximum Gasteiger partial charge on any atom is 0.0280 e. The number of halogens is 1. The van der Waals surface area contributed by atoms with Gasteiger partial charge in [0.15, 0.2) is 0 Å². The molecule has 1 aliphatic rings. The molecule has 0 aliphatic heterocycles. The highest BCUT2D eigenvalue weighted by atomic mass is 35.5. The highest BCUT2D eigenvalue weighted by Gasteiger charge is 2.37. The molecule has 0 atom stereocenters. The van der Waals surface area contributed by atoms with Gasteiger partial charge in [0.2, 0.25) is 0 Å². The summed E-state index contributed by atoms with van der Waals surface area (Å²) in [6.07, 6.45) is 6.59. The fourth-order valence-electron chi connectivity index (χ4n) is 3.45. The highest BCUT2D eigenvalue weighted by molar-refractivity contribution is 7.99. The van der Waals surface area contributed by atoms with E-state index in [9.17, 15) is 0 Å². The van der Waals surface area contributed by atoms with Gasteiger partial charge < -0.3 is 0 Å². The Hall–Kier alpha value is -0.140. The summed E-state index contributed by atoms with van der Waals surface area (Å²) in [5, 5.41) is 0. The van der Waals surface area contributed by atoms with Gasteiger partial charge in [-0.15, -0.1) is 23.4 Å². The Kier molecular flexibility index (Phi) is 6.08. The molecular formula is C19H29ClS. The van der Waals surface area contributed by atoms with Crippen LogP contribution in [-0.2, 0) is 0 Å². The zero-order valence-electron chi connectivity index (χ0n) is 13.7. The molecule has 2 rings (SSSR count). The molecular weight excluding hydrogens is 296 g/mol. The van der Waals surface area contributed by atoms with E-state index in [4.69, 9.17) is 11.6 Å². The van der Waals surface area contributed by atoms with Crippen LogP contribution < -0.4 is 0 Å². The molecule has 118 valence electrons. The standard InChI is InChI=1S/C19H29ClS/c1-18(2,3)16-9-11-19(15-20,12-10-16)13-14-21-17-7-5-4-6-8-17/h4-8,16H,9-15H2,1-3H3. The van der Waals surface area contributed by atoms with Gasteiger partial charge in [-0.25, -0.2) is 0 Å². The van der Waals surface area contributed by atoms with Crippen LogP contribution in [0.25, 0.3) is 0 Å². The SMILES string of the molecule is CC(C)(C)C1CCC(CCl)(CCSc2ccccc2)CC1. The van der Waals surface area contributed by atoms with Crippen molar-refractivity contribution < 1.29 is 0 Å². The molecule has 1 saturated carbocycles. The first-order valence-electron chi connectivity index (χ1n) is 8.19. The van der Waals surface area contributed by atoms with Crippen LogP contribution in [0.15, 0.2) is 35.2 Å². The van der Waals surface area contributed by atoms with Gasteiger partial charge in [-0.3, -0.25) is 0 Å². The fraction of sp³-hybridized carbons (Fsp3) is 0.684. The Morgan fingerprint density at radius 1 is 1.14 bits per heavy atom. The van der Waals surface area contributed by atoms with Crippen molar-refractivity contribution in [1.82, 2.24) is 0 Å². The first-order chi connectivity index (χ1) is 9.95. The summed E-state index contributed by atoms with van der Waals surface area (Å²) < 4.78 is 0.